The maximum absolute atomic E-state index is 10.4. The van der Waals surface area contributed by atoms with Gasteiger partial charge in [0.05, 0.1) is 11.4 Å². The fourth-order valence-corrected chi connectivity index (χ4v) is 1.92. The Balaban J connectivity index is 2.93. The maximum atomic E-state index is 10.4. The molecule has 0 aromatic carbocycles. The molecule has 0 fully saturated rings. The van der Waals surface area contributed by atoms with E-state index in [0.717, 1.165) is 11.4 Å². The Labute approximate surface area is 91.4 Å². The zero-order chi connectivity index (χ0) is 9.84. The second kappa shape index (κ2) is 4.71. The molecule has 0 bridgehead atoms. The van der Waals surface area contributed by atoms with E-state index in [1.807, 2.05) is 0 Å². The average molecular weight is 313 g/mol. The van der Waals surface area contributed by atoms with E-state index >= 15 is 0 Å². The van der Waals surface area contributed by atoms with Crippen LogP contribution in [0.2, 0.25) is 0 Å². The molecule has 0 aliphatic carbocycles. The Morgan fingerprint density at radius 2 is 2.15 bits per heavy atom. The van der Waals surface area contributed by atoms with E-state index in [1.54, 1.807) is 0 Å². The quantitative estimate of drug-likeness (QED) is 0.847. The van der Waals surface area contributed by atoms with Gasteiger partial charge in [-0.3, -0.25) is 4.79 Å². The topological polar surface area (TPSA) is 68.0 Å². The smallest absolute Gasteiger partial charge is 0.325 e. The summed E-state index contributed by atoms with van der Waals surface area (Å²) in [6.45, 7) is -0.152. The van der Waals surface area contributed by atoms with Crippen LogP contribution in [-0.4, -0.2) is 26.1 Å². The molecule has 1 heterocycles. The van der Waals surface area contributed by atoms with Gasteiger partial charge in [-0.15, -0.1) is 5.10 Å². The second-order valence-electron chi connectivity index (χ2n) is 2.30. The summed E-state index contributed by atoms with van der Waals surface area (Å²) in [5.41, 5.74) is 1.55. The molecule has 0 radical (unpaired) electrons. The van der Waals surface area contributed by atoms with Crippen LogP contribution in [0.15, 0.2) is 0 Å². The minimum Gasteiger partial charge on any atom is -0.480 e. The van der Waals surface area contributed by atoms with Gasteiger partial charge in [-0.25, -0.2) is 4.68 Å². The molecule has 1 aromatic heterocycles. The number of carbonyl (C=O) groups is 1. The van der Waals surface area contributed by atoms with Crippen LogP contribution < -0.4 is 0 Å². The largest absolute Gasteiger partial charge is 0.480 e. The highest BCUT2D eigenvalue weighted by Crippen LogP contribution is 2.12. The number of aromatic nitrogens is 3. The lowest BCUT2D eigenvalue weighted by molar-refractivity contribution is -0.137. The number of nitrogens with zero attached hydrogens (tertiary/aromatic N) is 3. The summed E-state index contributed by atoms with van der Waals surface area (Å²) in [5.74, 6) is -0.923. The van der Waals surface area contributed by atoms with Gasteiger partial charge in [0, 0.05) is 10.7 Å². The van der Waals surface area contributed by atoms with Gasteiger partial charge in [0.1, 0.15) is 6.54 Å². The summed E-state index contributed by atoms with van der Waals surface area (Å²) in [7, 11) is 0. The van der Waals surface area contributed by atoms with Crippen LogP contribution in [0.3, 0.4) is 0 Å². The van der Waals surface area contributed by atoms with Crippen LogP contribution >= 0.6 is 31.9 Å². The van der Waals surface area contributed by atoms with E-state index in [1.165, 1.54) is 4.68 Å². The van der Waals surface area contributed by atoms with Crippen LogP contribution in [0.25, 0.3) is 0 Å². The fraction of sp³-hybridized carbons (Fsp3) is 0.500. The first-order valence-electron chi connectivity index (χ1n) is 3.44. The van der Waals surface area contributed by atoms with Crippen LogP contribution in [0, 0.1) is 0 Å². The standard InChI is InChI=1S/C6H7Br2N3O2/c7-1-4-5(2-8)11(10-9-4)3-6(12)13/h1-3H2,(H,12,13). The highest BCUT2D eigenvalue weighted by atomic mass is 79.9. The van der Waals surface area contributed by atoms with Crippen LogP contribution in [0.1, 0.15) is 11.4 Å². The van der Waals surface area contributed by atoms with E-state index in [-0.39, 0.29) is 6.54 Å². The minimum atomic E-state index is -0.923. The lowest BCUT2D eigenvalue weighted by atomic mass is 10.4. The Kier molecular flexibility index (Phi) is 3.86. The summed E-state index contributed by atoms with van der Waals surface area (Å²) in [6, 6.07) is 0. The van der Waals surface area contributed by atoms with Gasteiger partial charge in [-0.05, 0) is 0 Å². The lowest BCUT2D eigenvalue weighted by Gasteiger charge is -2.00. The Morgan fingerprint density at radius 1 is 1.46 bits per heavy atom. The zero-order valence-corrected chi connectivity index (χ0v) is 9.75. The fourth-order valence-electron chi connectivity index (χ4n) is 0.874. The number of carboxylic acids is 1. The molecule has 1 N–H and O–H groups in total. The summed E-state index contributed by atoms with van der Waals surface area (Å²) < 4.78 is 1.37. The number of hydrogen-bond donors (Lipinski definition) is 1. The second-order valence-corrected chi connectivity index (χ2v) is 3.42. The summed E-state index contributed by atoms with van der Waals surface area (Å²) in [4.78, 5) is 10.4. The Morgan fingerprint density at radius 3 is 2.62 bits per heavy atom. The molecule has 1 aromatic rings. The zero-order valence-electron chi connectivity index (χ0n) is 6.57. The molecule has 0 aliphatic heterocycles. The predicted octanol–water partition coefficient (Wildman–Crippen LogP) is 1.15. The molecule has 0 saturated heterocycles. The van der Waals surface area contributed by atoms with E-state index in [0.29, 0.717) is 10.7 Å². The first-order chi connectivity index (χ1) is 6.19. The molecule has 0 amide bonds. The first-order valence-corrected chi connectivity index (χ1v) is 5.68. The van der Waals surface area contributed by atoms with E-state index in [4.69, 9.17) is 5.11 Å². The first kappa shape index (κ1) is 10.6. The number of aliphatic carboxylic acids is 1. The number of hydrogen-bond acceptors (Lipinski definition) is 3. The van der Waals surface area contributed by atoms with Crippen molar-refractivity contribution in [2.24, 2.45) is 0 Å². The van der Waals surface area contributed by atoms with Gasteiger partial charge in [-0.2, -0.15) is 0 Å². The maximum Gasteiger partial charge on any atom is 0.325 e. The van der Waals surface area contributed by atoms with Crippen molar-refractivity contribution in [2.75, 3.05) is 0 Å². The third-order valence-corrected chi connectivity index (χ3v) is 2.52. The molecular formula is C6H7Br2N3O2. The highest BCUT2D eigenvalue weighted by molar-refractivity contribution is 9.09. The van der Waals surface area contributed by atoms with E-state index in [9.17, 15) is 4.79 Å². The van der Waals surface area contributed by atoms with Crippen LogP contribution in [-0.2, 0) is 22.0 Å². The monoisotopic (exact) mass is 311 g/mol. The van der Waals surface area contributed by atoms with Gasteiger partial charge in [-0.1, -0.05) is 37.1 Å². The van der Waals surface area contributed by atoms with Crippen molar-refractivity contribution in [1.29, 1.82) is 0 Å². The molecule has 0 saturated carbocycles. The summed E-state index contributed by atoms with van der Waals surface area (Å²) in [6.07, 6.45) is 0. The molecule has 72 valence electrons. The van der Waals surface area contributed by atoms with Gasteiger partial charge in [0.2, 0.25) is 0 Å². The predicted molar refractivity (Wildman–Crippen MR) is 52.9 cm³/mol. The van der Waals surface area contributed by atoms with E-state index < -0.39 is 5.97 Å². The normalized spacial score (nSPS) is 10.3. The highest BCUT2D eigenvalue weighted by Gasteiger charge is 2.12. The third-order valence-electron chi connectivity index (χ3n) is 1.46. The van der Waals surface area contributed by atoms with Crippen molar-refractivity contribution in [3.63, 3.8) is 0 Å². The minimum absolute atomic E-state index is 0.152. The molecule has 13 heavy (non-hydrogen) atoms. The number of alkyl halides is 2. The molecule has 0 aliphatic rings. The van der Waals surface area contributed by atoms with Gasteiger partial charge < -0.3 is 5.11 Å². The van der Waals surface area contributed by atoms with Crippen molar-refractivity contribution in [1.82, 2.24) is 15.0 Å². The van der Waals surface area contributed by atoms with E-state index in [2.05, 4.69) is 42.2 Å². The number of carboxylic acid groups (broad SMARTS) is 1. The van der Waals surface area contributed by atoms with Gasteiger partial charge >= 0.3 is 5.97 Å². The average Bonchev–Trinajstić information content (AvgIpc) is 2.45. The lowest BCUT2D eigenvalue weighted by Crippen LogP contribution is -2.12. The van der Waals surface area contributed by atoms with Crippen LogP contribution in [0.4, 0.5) is 0 Å². The molecule has 1 rings (SSSR count). The Bertz CT molecular complexity index is 313. The molecule has 5 nitrogen and oxygen atoms in total. The Hall–Kier alpha value is -0.430. The van der Waals surface area contributed by atoms with Gasteiger partial charge in [0.15, 0.2) is 0 Å². The molecular weight excluding hydrogens is 306 g/mol. The number of halogens is 2. The van der Waals surface area contributed by atoms with Crippen LogP contribution in [0.5, 0.6) is 0 Å². The molecule has 0 atom stereocenters. The van der Waals surface area contributed by atoms with Gasteiger partial charge in [0.25, 0.3) is 0 Å². The van der Waals surface area contributed by atoms with Crippen molar-refractivity contribution in [3.8, 4) is 0 Å². The molecule has 0 spiro atoms. The summed E-state index contributed by atoms with van der Waals surface area (Å²) in [5, 5.41) is 17.2. The third kappa shape index (κ3) is 2.50. The molecule has 0 unspecified atom stereocenters. The SMILES string of the molecule is O=C(O)Cn1nnc(CBr)c1CBr. The summed E-state index contributed by atoms with van der Waals surface area (Å²) >= 11 is 6.50. The van der Waals surface area contributed by atoms with Crippen molar-refractivity contribution < 1.29 is 9.90 Å². The number of rotatable bonds is 4. The van der Waals surface area contributed by atoms with Crippen molar-refractivity contribution in [3.05, 3.63) is 11.4 Å². The van der Waals surface area contributed by atoms with Crippen molar-refractivity contribution >= 4 is 37.8 Å². The molecule has 7 heteroatoms. The van der Waals surface area contributed by atoms with Crippen molar-refractivity contribution in [2.45, 2.75) is 17.2 Å².